The Morgan fingerprint density at radius 2 is 2.04 bits per heavy atom. The number of anilines is 3. The first-order chi connectivity index (χ1) is 13.5. The van der Waals surface area contributed by atoms with Crippen molar-refractivity contribution in [2.45, 2.75) is 13.0 Å². The Balaban J connectivity index is 1.88. The number of pyridine rings is 3. The average molecular weight is 384 g/mol. The number of hydrogen-bond donors (Lipinski definition) is 2. The van der Waals surface area contributed by atoms with Crippen LogP contribution >= 0.6 is 0 Å². The zero-order chi connectivity index (χ0) is 20.1. The lowest BCUT2D eigenvalue weighted by atomic mass is 10.2. The standard InChI is InChI=1S/C18H17FN6O3/c1-11(13-6-5-12(19)10-21-13)22-16-8-7-15(25(26)27)17(24-16)23-14-4-3-9-20-18(14)28-2/h3-11H,1-2H3,(H2,22,23,24)/t11-/m0/s1. The van der Waals surface area contributed by atoms with E-state index in [2.05, 4.69) is 25.6 Å². The zero-order valence-electron chi connectivity index (χ0n) is 15.1. The van der Waals surface area contributed by atoms with Gasteiger partial charge in [-0.05, 0) is 37.3 Å². The second kappa shape index (κ2) is 8.25. The van der Waals surface area contributed by atoms with Crippen molar-refractivity contribution in [3.63, 3.8) is 0 Å². The van der Waals surface area contributed by atoms with Crippen LogP contribution in [0.1, 0.15) is 18.7 Å². The molecule has 3 rings (SSSR count). The number of nitrogens with zero attached hydrogens (tertiary/aromatic N) is 4. The van der Waals surface area contributed by atoms with Crippen molar-refractivity contribution < 1.29 is 14.1 Å². The summed E-state index contributed by atoms with van der Waals surface area (Å²) < 4.78 is 18.2. The topological polar surface area (TPSA) is 115 Å². The molecule has 2 N–H and O–H groups in total. The summed E-state index contributed by atoms with van der Waals surface area (Å²) in [7, 11) is 1.45. The molecular formula is C18H17FN6O3. The molecule has 28 heavy (non-hydrogen) atoms. The molecule has 0 unspecified atom stereocenters. The monoisotopic (exact) mass is 384 g/mol. The van der Waals surface area contributed by atoms with Crippen molar-refractivity contribution in [3.8, 4) is 5.88 Å². The van der Waals surface area contributed by atoms with Crippen LogP contribution in [-0.4, -0.2) is 27.0 Å². The van der Waals surface area contributed by atoms with E-state index in [9.17, 15) is 14.5 Å². The quantitative estimate of drug-likeness (QED) is 0.466. The Labute approximate surface area is 159 Å². The smallest absolute Gasteiger partial charge is 0.311 e. The van der Waals surface area contributed by atoms with Gasteiger partial charge in [-0.3, -0.25) is 15.1 Å². The molecule has 0 radical (unpaired) electrons. The molecule has 0 aromatic carbocycles. The maximum atomic E-state index is 13.0. The highest BCUT2D eigenvalue weighted by Crippen LogP contribution is 2.31. The molecule has 0 saturated carbocycles. The maximum absolute atomic E-state index is 13.0. The van der Waals surface area contributed by atoms with Crippen molar-refractivity contribution in [3.05, 3.63) is 70.4 Å². The Bertz CT molecular complexity index is 983. The predicted molar refractivity (Wildman–Crippen MR) is 101 cm³/mol. The Kier molecular flexibility index (Phi) is 5.58. The second-order valence-corrected chi connectivity index (χ2v) is 5.77. The summed E-state index contributed by atoms with van der Waals surface area (Å²) in [4.78, 5) is 23.2. The predicted octanol–water partition coefficient (Wildman–Crippen LogP) is 3.84. The first-order valence-electron chi connectivity index (χ1n) is 8.27. The van der Waals surface area contributed by atoms with E-state index < -0.39 is 10.7 Å². The molecule has 0 aliphatic carbocycles. The summed E-state index contributed by atoms with van der Waals surface area (Å²) in [5, 5.41) is 17.3. The van der Waals surface area contributed by atoms with Crippen molar-refractivity contribution in [1.82, 2.24) is 15.0 Å². The fourth-order valence-corrected chi connectivity index (χ4v) is 2.49. The molecule has 10 heteroatoms. The van der Waals surface area contributed by atoms with Gasteiger partial charge < -0.3 is 15.4 Å². The van der Waals surface area contributed by atoms with Crippen LogP contribution in [0.25, 0.3) is 0 Å². The third-order valence-corrected chi connectivity index (χ3v) is 3.85. The van der Waals surface area contributed by atoms with Crippen molar-refractivity contribution >= 4 is 23.0 Å². The summed E-state index contributed by atoms with van der Waals surface area (Å²) in [5.41, 5.74) is 0.833. The minimum Gasteiger partial charge on any atom is -0.480 e. The lowest BCUT2D eigenvalue weighted by Crippen LogP contribution is -2.11. The molecule has 144 valence electrons. The molecule has 9 nitrogen and oxygen atoms in total. The van der Waals surface area contributed by atoms with E-state index in [0.29, 0.717) is 17.2 Å². The molecule has 0 bridgehead atoms. The number of halogens is 1. The minimum atomic E-state index is -0.535. The fraction of sp³-hybridized carbons (Fsp3) is 0.167. The van der Waals surface area contributed by atoms with Gasteiger partial charge in [-0.2, -0.15) is 0 Å². The minimum absolute atomic E-state index is 0.0283. The van der Waals surface area contributed by atoms with Crippen LogP contribution in [0.4, 0.5) is 27.4 Å². The summed E-state index contributed by atoms with van der Waals surface area (Å²) in [6, 6.07) is 8.73. The highest BCUT2D eigenvalue weighted by Gasteiger charge is 2.19. The van der Waals surface area contributed by atoms with Crippen LogP contribution < -0.4 is 15.4 Å². The van der Waals surface area contributed by atoms with Crippen LogP contribution in [0.15, 0.2) is 48.8 Å². The van der Waals surface area contributed by atoms with Gasteiger partial charge >= 0.3 is 5.69 Å². The number of rotatable bonds is 7. The summed E-state index contributed by atoms with van der Waals surface area (Å²) in [6.45, 7) is 1.82. The van der Waals surface area contributed by atoms with Gasteiger partial charge in [-0.15, -0.1) is 0 Å². The largest absolute Gasteiger partial charge is 0.480 e. The van der Waals surface area contributed by atoms with Gasteiger partial charge in [0.05, 0.1) is 30.0 Å². The van der Waals surface area contributed by atoms with Gasteiger partial charge in [-0.25, -0.2) is 14.4 Å². The van der Waals surface area contributed by atoms with Crippen LogP contribution in [0.5, 0.6) is 5.88 Å². The number of ether oxygens (including phenoxy) is 1. The molecule has 0 saturated heterocycles. The Morgan fingerprint density at radius 3 is 2.71 bits per heavy atom. The average Bonchev–Trinajstić information content (AvgIpc) is 2.69. The summed E-state index contributed by atoms with van der Waals surface area (Å²) in [5.74, 6) is 0.261. The molecule has 0 aliphatic heterocycles. The van der Waals surface area contributed by atoms with E-state index >= 15 is 0 Å². The van der Waals surface area contributed by atoms with E-state index in [1.54, 1.807) is 24.4 Å². The highest BCUT2D eigenvalue weighted by atomic mass is 19.1. The number of hydrogen-bond acceptors (Lipinski definition) is 8. The van der Waals surface area contributed by atoms with Crippen LogP contribution in [-0.2, 0) is 0 Å². The molecular weight excluding hydrogens is 367 g/mol. The first kappa shape index (κ1) is 19.0. The molecule has 0 amide bonds. The van der Waals surface area contributed by atoms with Crippen LogP contribution in [0, 0.1) is 15.9 Å². The lowest BCUT2D eigenvalue weighted by molar-refractivity contribution is -0.384. The molecule has 3 aromatic heterocycles. The third-order valence-electron chi connectivity index (χ3n) is 3.85. The normalized spacial score (nSPS) is 11.5. The van der Waals surface area contributed by atoms with Gasteiger partial charge in [-0.1, -0.05) is 0 Å². The van der Waals surface area contributed by atoms with E-state index in [1.807, 2.05) is 6.92 Å². The molecule has 0 fully saturated rings. The summed E-state index contributed by atoms with van der Waals surface area (Å²) in [6.07, 6.45) is 2.67. The lowest BCUT2D eigenvalue weighted by Gasteiger charge is -2.15. The van der Waals surface area contributed by atoms with E-state index in [4.69, 9.17) is 4.74 Å². The van der Waals surface area contributed by atoms with Gasteiger partial charge in [0.1, 0.15) is 17.3 Å². The number of nitro groups is 1. The van der Waals surface area contributed by atoms with E-state index in [-0.39, 0.29) is 23.4 Å². The first-order valence-corrected chi connectivity index (χ1v) is 8.27. The highest BCUT2D eigenvalue weighted by molar-refractivity contribution is 5.70. The van der Waals surface area contributed by atoms with Crippen molar-refractivity contribution in [2.75, 3.05) is 17.7 Å². The van der Waals surface area contributed by atoms with Crippen LogP contribution in [0.2, 0.25) is 0 Å². The number of aromatic nitrogens is 3. The zero-order valence-corrected chi connectivity index (χ0v) is 15.1. The van der Waals surface area contributed by atoms with Gasteiger partial charge in [0.2, 0.25) is 11.7 Å². The molecule has 0 spiro atoms. The van der Waals surface area contributed by atoms with Gasteiger partial charge in [0.15, 0.2) is 0 Å². The summed E-state index contributed by atoms with van der Waals surface area (Å²) >= 11 is 0. The Hall–Kier alpha value is -3.82. The molecule has 0 aliphatic rings. The molecule has 1 atom stereocenters. The Morgan fingerprint density at radius 1 is 1.21 bits per heavy atom. The van der Waals surface area contributed by atoms with Gasteiger partial charge in [0, 0.05) is 12.3 Å². The molecule has 3 heterocycles. The van der Waals surface area contributed by atoms with E-state index in [0.717, 1.165) is 6.20 Å². The number of methoxy groups -OCH3 is 1. The maximum Gasteiger partial charge on any atom is 0.311 e. The van der Waals surface area contributed by atoms with Crippen LogP contribution in [0.3, 0.4) is 0 Å². The van der Waals surface area contributed by atoms with Gasteiger partial charge in [0.25, 0.3) is 0 Å². The molecule has 3 aromatic rings. The SMILES string of the molecule is COc1ncccc1Nc1nc(N[C@@H](C)c2ccc(F)cn2)ccc1[N+](=O)[O-]. The van der Waals surface area contributed by atoms with Crippen molar-refractivity contribution in [2.24, 2.45) is 0 Å². The number of nitrogens with one attached hydrogen (secondary N) is 2. The third kappa shape index (κ3) is 4.29. The van der Waals surface area contributed by atoms with Crippen molar-refractivity contribution in [1.29, 1.82) is 0 Å². The fourth-order valence-electron chi connectivity index (χ4n) is 2.49. The second-order valence-electron chi connectivity index (χ2n) is 5.77. The van der Waals surface area contributed by atoms with E-state index in [1.165, 1.54) is 25.3 Å².